The van der Waals surface area contributed by atoms with Gasteiger partial charge in [0.1, 0.15) is 23.7 Å². The van der Waals surface area contributed by atoms with Gasteiger partial charge in [-0.05, 0) is 42.0 Å². The van der Waals surface area contributed by atoms with Crippen molar-refractivity contribution < 1.29 is 13.7 Å². The first-order chi connectivity index (χ1) is 17.1. The van der Waals surface area contributed by atoms with Gasteiger partial charge < -0.3 is 15.2 Å². The minimum absolute atomic E-state index is 0.209. The largest absolute Gasteiger partial charge is 0.356 e. The summed E-state index contributed by atoms with van der Waals surface area (Å²) < 4.78 is 20.8. The number of benzene rings is 2. The van der Waals surface area contributed by atoms with Crippen LogP contribution >= 0.6 is 0 Å². The molecule has 0 radical (unpaired) electrons. The number of hydrogen-bond acceptors (Lipinski definition) is 7. The van der Waals surface area contributed by atoms with Gasteiger partial charge in [0.2, 0.25) is 5.91 Å². The van der Waals surface area contributed by atoms with E-state index in [4.69, 9.17) is 4.52 Å². The lowest BCUT2D eigenvalue weighted by Crippen LogP contribution is -2.19. The quantitative estimate of drug-likeness (QED) is 0.328. The predicted octanol–water partition coefficient (Wildman–Crippen LogP) is 4.21. The average Bonchev–Trinajstić information content (AvgIpc) is 3.50. The molecule has 0 fully saturated rings. The van der Waals surface area contributed by atoms with E-state index in [1.807, 2.05) is 28.9 Å². The number of nitrogens with one attached hydrogen (secondary N) is 2. The molecule has 0 unspecified atom stereocenters. The molecular weight excluding hydrogens is 449 g/mol. The number of carbonyl (C=O) groups excluding carboxylic acids is 1. The van der Waals surface area contributed by atoms with Gasteiger partial charge in [-0.2, -0.15) is 5.10 Å². The zero-order valence-electron chi connectivity index (χ0n) is 18.5. The van der Waals surface area contributed by atoms with Crippen LogP contribution in [0, 0.1) is 5.82 Å². The molecule has 3 aromatic heterocycles. The Morgan fingerprint density at radius 3 is 2.94 bits per heavy atom. The number of carbonyl (C=O) groups is 1. The summed E-state index contributed by atoms with van der Waals surface area (Å²) in [5.74, 6) is 0.422. The van der Waals surface area contributed by atoms with Gasteiger partial charge in [-0.15, -0.1) is 0 Å². The zero-order valence-corrected chi connectivity index (χ0v) is 18.5. The third-order valence-electron chi connectivity index (χ3n) is 5.29. The van der Waals surface area contributed by atoms with Crippen LogP contribution in [0.2, 0.25) is 0 Å². The molecule has 9 nitrogen and oxygen atoms in total. The first-order valence-corrected chi connectivity index (χ1v) is 10.7. The van der Waals surface area contributed by atoms with Gasteiger partial charge >= 0.3 is 0 Å². The molecule has 35 heavy (non-hydrogen) atoms. The second kappa shape index (κ2) is 9.56. The van der Waals surface area contributed by atoms with Crippen LogP contribution in [0.1, 0.15) is 11.3 Å². The van der Waals surface area contributed by atoms with E-state index in [0.29, 0.717) is 29.4 Å². The molecule has 0 aliphatic carbocycles. The summed E-state index contributed by atoms with van der Waals surface area (Å²) in [6, 6.07) is 14.0. The van der Waals surface area contributed by atoms with Crippen molar-refractivity contribution in [3.05, 3.63) is 97.0 Å². The Hall–Kier alpha value is -4.86. The van der Waals surface area contributed by atoms with Gasteiger partial charge in [0.05, 0.1) is 30.4 Å². The highest BCUT2D eigenvalue weighted by atomic mass is 19.1. The molecule has 1 amide bonds. The van der Waals surface area contributed by atoms with Gasteiger partial charge in [-0.1, -0.05) is 23.9 Å². The van der Waals surface area contributed by atoms with E-state index < -0.39 is 0 Å². The third-order valence-corrected chi connectivity index (χ3v) is 5.29. The Morgan fingerprint density at radius 2 is 2.09 bits per heavy atom. The number of nitrogens with zero attached hydrogens (tertiary/aromatic N) is 5. The number of hydrogen-bond donors (Lipinski definition) is 2. The number of halogens is 1. The molecule has 5 rings (SSSR count). The molecule has 5 aromatic rings. The zero-order chi connectivity index (χ0) is 24.2. The highest BCUT2D eigenvalue weighted by Crippen LogP contribution is 2.29. The third kappa shape index (κ3) is 4.91. The summed E-state index contributed by atoms with van der Waals surface area (Å²) in [7, 11) is 0. The fourth-order valence-electron chi connectivity index (χ4n) is 3.62. The lowest BCUT2D eigenvalue weighted by molar-refractivity contribution is -0.116. The lowest BCUT2D eigenvalue weighted by atomic mass is 10.2. The Balaban J connectivity index is 1.36. The van der Waals surface area contributed by atoms with Gasteiger partial charge in [0, 0.05) is 23.3 Å². The number of aromatic nitrogens is 5. The Morgan fingerprint density at radius 1 is 1.17 bits per heavy atom. The Kier molecular flexibility index (Phi) is 6.00. The van der Waals surface area contributed by atoms with Crippen molar-refractivity contribution in [1.82, 2.24) is 30.2 Å². The maximum absolute atomic E-state index is 13.5. The van der Waals surface area contributed by atoms with Gasteiger partial charge in [-0.3, -0.25) is 9.48 Å². The number of anilines is 2. The molecule has 0 saturated heterocycles. The summed E-state index contributed by atoms with van der Waals surface area (Å²) in [4.78, 5) is 19.8. The van der Waals surface area contributed by atoms with Crippen LogP contribution in [-0.2, 0) is 17.9 Å². The highest BCUT2D eigenvalue weighted by molar-refractivity contribution is 5.87. The predicted molar refractivity (Wildman–Crippen MR) is 128 cm³/mol. The minimum atomic E-state index is -0.297. The molecule has 2 aromatic carbocycles. The normalized spacial score (nSPS) is 10.9. The molecule has 3 heterocycles. The van der Waals surface area contributed by atoms with Crippen molar-refractivity contribution in [3.63, 3.8) is 0 Å². The average molecular weight is 469 g/mol. The fourth-order valence-corrected chi connectivity index (χ4v) is 3.62. The maximum atomic E-state index is 13.5. The second-order valence-electron chi connectivity index (χ2n) is 7.72. The van der Waals surface area contributed by atoms with E-state index in [2.05, 4.69) is 37.4 Å². The van der Waals surface area contributed by atoms with E-state index in [1.54, 1.807) is 24.5 Å². The van der Waals surface area contributed by atoms with Crippen molar-refractivity contribution in [2.75, 3.05) is 5.32 Å². The van der Waals surface area contributed by atoms with Crippen LogP contribution < -0.4 is 10.6 Å². The van der Waals surface area contributed by atoms with Gasteiger partial charge in [0.25, 0.3) is 0 Å². The summed E-state index contributed by atoms with van der Waals surface area (Å²) in [6.45, 7) is 4.09. The van der Waals surface area contributed by atoms with Gasteiger partial charge in [-0.25, -0.2) is 14.4 Å². The first kappa shape index (κ1) is 22.0. The van der Waals surface area contributed by atoms with Crippen LogP contribution in [0.4, 0.5) is 15.9 Å². The number of rotatable bonds is 8. The van der Waals surface area contributed by atoms with Crippen LogP contribution in [0.25, 0.3) is 22.2 Å². The molecule has 0 atom stereocenters. The van der Waals surface area contributed by atoms with Crippen LogP contribution in [0.3, 0.4) is 0 Å². The first-order valence-electron chi connectivity index (χ1n) is 10.7. The Bertz CT molecular complexity index is 1530. The maximum Gasteiger partial charge on any atom is 0.243 e. The van der Waals surface area contributed by atoms with Gasteiger partial charge in [0.15, 0.2) is 5.76 Å². The SMILES string of the molecule is C=CC(=O)NCc1cc(-c2cncnc2Nc2ccc3c(cnn3Cc3cccc(F)c3)c2)on1. The summed E-state index contributed by atoms with van der Waals surface area (Å²) in [5.41, 5.74) is 3.71. The topological polar surface area (TPSA) is 111 Å². The van der Waals surface area contributed by atoms with Crippen molar-refractivity contribution in [2.24, 2.45) is 0 Å². The lowest BCUT2D eigenvalue weighted by Gasteiger charge is -2.09. The molecule has 0 bridgehead atoms. The fraction of sp³-hybridized carbons (Fsp3) is 0.0800. The molecule has 0 aliphatic heterocycles. The summed E-state index contributed by atoms with van der Waals surface area (Å²) >= 11 is 0. The molecule has 0 aliphatic rings. The van der Waals surface area contributed by atoms with Crippen molar-refractivity contribution in [3.8, 4) is 11.3 Å². The highest BCUT2D eigenvalue weighted by Gasteiger charge is 2.14. The summed E-state index contributed by atoms with van der Waals surface area (Å²) in [5, 5.41) is 15.3. The minimum Gasteiger partial charge on any atom is -0.356 e. The van der Waals surface area contributed by atoms with E-state index >= 15 is 0 Å². The molecule has 0 spiro atoms. The van der Waals surface area contributed by atoms with E-state index in [1.165, 1.54) is 24.5 Å². The molecular formula is C25H20FN7O2. The molecule has 174 valence electrons. The smallest absolute Gasteiger partial charge is 0.243 e. The van der Waals surface area contributed by atoms with Crippen molar-refractivity contribution >= 4 is 28.3 Å². The van der Waals surface area contributed by atoms with Crippen molar-refractivity contribution in [1.29, 1.82) is 0 Å². The van der Waals surface area contributed by atoms with Crippen LogP contribution in [0.5, 0.6) is 0 Å². The van der Waals surface area contributed by atoms with Crippen molar-refractivity contribution in [2.45, 2.75) is 13.1 Å². The Labute approximate surface area is 199 Å². The summed E-state index contributed by atoms with van der Waals surface area (Å²) in [6.07, 6.45) is 6.01. The van der Waals surface area contributed by atoms with Crippen LogP contribution in [0.15, 0.2) is 84.4 Å². The molecule has 2 N–H and O–H groups in total. The van der Waals surface area contributed by atoms with E-state index in [0.717, 1.165) is 22.2 Å². The molecule has 10 heteroatoms. The molecule has 0 saturated carbocycles. The van der Waals surface area contributed by atoms with E-state index in [9.17, 15) is 9.18 Å². The van der Waals surface area contributed by atoms with Crippen LogP contribution in [-0.4, -0.2) is 30.8 Å². The monoisotopic (exact) mass is 469 g/mol. The van der Waals surface area contributed by atoms with E-state index in [-0.39, 0.29) is 18.3 Å². The number of fused-ring (bicyclic) bond motifs is 1. The second-order valence-corrected chi connectivity index (χ2v) is 7.72. The number of amides is 1. The standard InChI is InChI=1S/C25H20FN7O2/c1-2-24(34)28-12-20-10-23(35-32-20)21-13-27-15-29-25(21)31-19-6-7-22-17(9-19)11-30-33(22)14-16-4-3-5-18(26)8-16/h2-11,13,15H,1,12,14H2,(H,28,34)(H,27,29,31).